The minimum atomic E-state index is 0.0257. The SMILES string of the molecule is CC(=O)c1cccc(Nc2cnnc(NCCCN(C)C)n2)c1. The highest BCUT2D eigenvalue weighted by Gasteiger charge is 2.03. The number of Topliss-reactive ketones (excluding diaryl/α,β-unsaturated/α-hetero) is 1. The molecule has 7 nitrogen and oxygen atoms in total. The van der Waals surface area contributed by atoms with E-state index in [0.717, 1.165) is 25.2 Å². The summed E-state index contributed by atoms with van der Waals surface area (Å²) in [7, 11) is 4.08. The van der Waals surface area contributed by atoms with Crippen molar-refractivity contribution >= 4 is 23.2 Å². The second-order valence-corrected chi connectivity index (χ2v) is 5.51. The maximum atomic E-state index is 11.4. The topological polar surface area (TPSA) is 83.0 Å². The van der Waals surface area contributed by atoms with E-state index in [0.29, 0.717) is 17.3 Å². The fourth-order valence-corrected chi connectivity index (χ4v) is 2.00. The Bertz CT molecular complexity index is 659. The fourth-order valence-electron chi connectivity index (χ4n) is 2.00. The average Bonchev–Trinajstić information content (AvgIpc) is 2.52. The van der Waals surface area contributed by atoms with Gasteiger partial charge in [-0.15, -0.1) is 5.10 Å². The van der Waals surface area contributed by atoms with Crippen LogP contribution in [0.5, 0.6) is 0 Å². The Balaban J connectivity index is 1.97. The van der Waals surface area contributed by atoms with E-state index in [1.807, 2.05) is 26.2 Å². The Morgan fingerprint density at radius 3 is 2.87 bits per heavy atom. The van der Waals surface area contributed by atoms with Crippen LogP contribution in [0.1, 0.15) is 23.7 Å². The first-order valence-electron chi connectivity index (χ1n) is 7.51. The number of benzene rings is 1. The summed E-state index contributed by atoms with van der Waals surface area (Å²) in [5.74, 6) is 1.09. The predicted octanol–water partition coefficient (Wildman–Crippen LogP) is 2.18. The molecule has 2 aromatic rings. The zero-order valence-corrected chi connectivity index (χ0v) is 13.7. The van der Waals surface area contributed by atoms with Crippen LogP contribution in [0, 0.1) is 0 Å². The molecule has 7 heteroatoms. The van der Waals surface area contributed by atoms with Crippen LogP contribution >= 0.6 is 0 Å². The molecule has 0 saturated heterocycles. The Labute approximate surface area is 136 Å². The molecule has 2 rings (SSSR count). The molecule has 1 heterocycles. The van der Waals surface area contributed by atoms with Gasteiger partial charge in [-0.3, -0.25) is 4.79 Å². The summed E-state index contributed by atoms with van der Waals surface area (Å²) in [6, 6.07) is 7.27. The Kier molecular flexibility index (Phi) is 5.99. The number of carbonyl (C=O) groups excluding carboxylic acids is 1. The summed E-state index contributed by atoms with van der Waals surface area (Å²) < 4.78 is 0. The number of nitrogens with zero attached hydrogens (tertiary/aromatic N) is 4. The van der Waals surface area contributed by atoms with Crippen molar-refractivity contribution in [3.63, 3.8) is 0 Å². The molecule has 2 N–H and O–H groups in total. The summed E-state index contributed by atoms with van der Waals surface area (Å²) in [6.45, 7) is 3.32. The molecular formula is C16H22N6O. The van der Waals surface area contributed by atoms with Crippen molar-refractivity contribution in [2.75, 3.05) is 37.8 Å². The van der Waals surface area contributed by atoms with Crippen LogP contribution in [0.25, 0.3) is 0 Å². The summed E-state index contributed by atoms with van der Waals surface area (Å²) in [4.78, 5) is 17.9. The smallest absolute Gasteiger partial charge is 0.244 e. The highest BCUT2D eigenvalue weighted by Crippen LogP contribution is 2.16. The van der Waals surface area contributed by atoms with Crippen LogP contribution in [0.4, 0.5) is 17.5 Å². The third kappa shape index (κ3) is 5.63. The first-order valence-corrected chi connectivity index (χ1v) is 7.51. The normalized spacial score (nSPS) is 10.6. The minimum Gasteiger partial charge on any atom is -0.353 e. The van der Waals surface area contributed by atoms with Crippen LogP contribution in [-0.2, 0) is 0 Å². The van der Waals surface area contributed by atoms with Crippen molar-refractivity contribution < 1.29 is 4.79 Å². The molecule has 0 atom stereocenters. The Hall–Kier alpha value is -2.54. The molecule has 0 bridgehead atoms. The first kappa shape index (κ1) is 16.8. The van der Waals surface area contributed by atoms with Gasteiger partial charge in [0.1, 0.15) is 0 Å². The zero-order valence-electron chi connectivity index (χ0n) is 13.7. The minimum absolute atomic E-state index is 0.0257. The standard InChI is InChI=1S/C16H22N6O/c1-12(23)13-6-4-7-14(10-13)19-15-11-18-21-16(20-15)17-8-5-9-22(2)3/h4,6-7,10-11H,5,8-9H2,1-3H3,(H2,17,19,20,21). The number of nitrogens with one attached hydrogen (secondary N) is 2. The van der Waals surface area contributed by atoms with Gasteiger partial charge in [0, 0.05) is 17.8 Å². The molecule has 23 heavy (non-hydrogen) atoms. The highest BCUT2D eigenvalue weighted by molar-refractivity contribution is 5.95. The van der Waals surface area contributed by atoms with Gasteiger partial charge in [-0.05, 0) is 46.1 Å². The van der Waals surface area contributed by atoms with Gasteiger partial charge in [0.2, 0.25) is 5.95 Å². The third-order valence-corrected chi connectivity index (χ3v) is 3.17. The van der Waals surface area contributed by atoms with E-state index < -0.39 is 0 Å². The third-order valence-electron chi connectivity index (χ3n) is 3.17. The van der Waals surface area contributed by atoms with Gasteiger partial charge in [-0.25, -0.2) is 0 Å². The zero-order chi connectivity index (χ0) is 16.7. The number of aromatic nitrogens is 3. The molecule has 0 saturated carbocycles. The second kappa shape index (κ2) is 8.19. The lowest BCUT2D eigenvalue weighted by Crippen LogP contribution is -2.17. The Morgan fingerprint density at radius 1 is 1.30 bits per heavy atom. The quantitative estimate of drug-likeness (QED) is 0.571. The maximum Gasteiger partial charge on any atom is 0.244 e. The monoisotopic (exact) mass is 314 g/mol. The van der Waals surface area contributed by atoms with E-state index >= 15 is 0 Å². The van der Waals surface area contributed by atoms with Crippen LogP contribution in [0.15, 0.2) is 30.5 Å². The largest absolute Gasteiger partial charge is 0.353 e. The molecule has 0 fully saturated rings. The van der Waals surface area contributed by atoms with Gasteiger partial charge in [-0.1, -0.05) is 12.1 Å². The molecule has 122 valence electrons. The van der Waals surface area contributed by atoms with Crippen LogP contribution in [0.3, 0.4) is 0 Å². The molecule has 0 aliphatic carbocycles. The van der Waals surface area contributed by atoms with Crippen molar-refractivity contribution in [1.82, 2.24) is 20.1 Å². The number of rotatable bonds is 8. The van der Waals surface area contributed by atoms with Crippen LogP contribution in [0.2, 0.25) is 0 Å². The molecular weight excluding hydrogens is 292 g/mol. The van der Waals surface area contributed by atoms with Crippen molar-refractivity contribution in [2.45, 2.75) is 13.3 Å². The van der Waals surface area contributed by atoms with Crippen molar-refractivity contribution in [2.24, 2.45) is 0 Å². The maximum absolute atomic E-state index is 11.4. The molecule has 0 spiro atoms. The van der Waals surface area contributed by atoms with Gasteiger partial charge >= 0.3 is 0 Å². The van der Waals surface area contributed by atoms with E-state index in [9.17, 15) is 4.79 Å². The molecule has 0 unspecified atom stereocenters. The van der Waals surface area contributed by atoms with Gasteiger partial charge in [0.15, 0.2) is 11.6 Å². The summed E-state index contributed by atoms with van der Waals surface area (Å²) in [6.07, 6.45) is 2.54. The van der Waals surface area contributed by atoms with Gasteiger partial charge in [0.05, 0.1) is 6.20 Å². The van der Waals surface area contributed by atoms with Gasteiger partial charge in [0.25, 0.3) is 0 Å². The van der Waals surface area contributed by atoms with E-state index in [-0.39, 0.29) is 5.78 Å². The second-order valence-electron chi connectivity index (χ2n) is 5.51. The molecule has 0 aliphatic rings. The fraction of sp³-hybridized carbons (Fsp3) is 0.375. The molecule has 0 amide bonds. The molecule has 0 radical (unpaired) electrons. The van der Waals surface area contributed by atoms with Gasteiger partial charge in [-0.2, -0.15) is 10.1 Å². The lowest BCUT2D eigenvalue weighted by atomic mass is 10.1. The number of hydrogen-bond acceptors (Lipinski definition) is 7. The van der Waals surface area contributed by atoms with E-state index in [1.165, 1.54) is 0 Å². The first-order chi connectivity index (χ1) is 11.0. The number of ketones is 1. The van der Waals surface area contributed by atoms with Crippen LogP contribution < -0.4 is 10.6 Å². The summed E-state index contributed by atoms with van der Waals surface area (Å²) in [5, 5.41) is 14.2. The predicted molar refractivity (Wildman–Crippen MR) is 91.2 cm³/mol. The lowest BCUT2D eigenvalue weighted by molar-refractivity contribution is 0.101. The van der Waals surface area contributed by atoms with E-state index in [2.05, 4.69) is 30.7 Å². The van der Waals surface area contributed by atoms with Crippen molar-refractivity contribution in [1.29, 1.82) is 0 Å². The number of carbonyl (C=O) groups is 1. The molecule has 0 aliphatic heterocycles. The summed E-state index contributed by atoms with van der Waals surface area (Å²) in [5.41, 5.74) is 1.44. The average molecular weight is 314 g/mol. The number of anilines is 3. The van der Waals surface area contributed by atoms with Crippen molar-refractivity contribution in [3.8, 4) is 0 Å². The molecule has 1 aromatic heterocycles. The summed E-state index contributed by atoms with van der Waals surface area (Å²) >= 11 is 0. The van der Waals surface area contributed by atoms with Crippen molar-refractivity contribution in [3.05, 3.63) is 36.0 Å². The highest BCUT2D eigenvalue weighted by atomic mass is 16.1. The van der Waals surface area contributed by atoms with E-state index in [1.54, 1.807) is 25.3 Å². The molecule has 1 aromatic carbocycles. The van der Waals surface area contributed by atoms with E-state index in [4.69, 9.17) is 0 Å². The number of hydrogen-bond donors (Lipinski definition) is 2. The van der Waals surface area contributed by atoms with Crippen LogP contribution in [-0.4, -0.2) is 53.0 Å². The Morgan fingerprint density at radius 2 is 2.13 bits per heavy atom. The van der Waals surface area contributed by atoms with Gasteiger partial charge < -0.3 is 15.5 Å². The lowest BCUT2D eigenvalue weighted by Gasteiger charge is -2.10.